The standard InChI is InChI=1S/C22H24N4OS/c1-25-13-14-26(15-20(25)17-7-3-2-4-8-17)21(27)11-10-18-16-28-22(24-18)19-9-5-6-12-23-19/h2-9,12,16,20H,10-11,13-15H2,1H3. The normalized spacial score (nSPS) is 17.6. The summed E-state index contributed by atoms with van der Waals surface area (Å²) < 4.78 is 0. The molecule has 2 aromatic heterocycles. The molecule has 1 fully saturated rings. The zero-order chi connectivity index (χ0) is 19.3. The van der Waals surface area contributed by atoms with Crippen molar-refractivity contribution in [3.63, 3.8) is 0 Å². The van der Waals surface area contributed by atoms with Crippen LogP contribution in [0.4, 0.5) is 0 Å². The topological polar surface area (TPSA) is 49.3 Å². The van der Waals surface area contributed by atoms with Crippen molar-refractivity contribution in [2.45, 2.75) is 18.9 Å². The summed E-state index contributed by atoms with van der Waals surface area (Å²) in [4.78, 5) is 26.1. The fourth-order valence-electron chi connectivity index (χ4n) is 3.56. The molecule has 1 atom stereocenters. The molecular formula is C22H24N4OS. The van der Waals surface area contributed by atoms with Crippen LogP contribution in [0.1, 0.15) is 23.7 Å². The number of thiazole rings is 1. The van der Waals surface area contributed by atoms with Crippen molar-refractivity contribution >= 4 is 17.2 Å². The van der Waals surface area contributed by atoms with Crippen molar-refractivity contribution in [1.82, 2.24) is 19.8 Å². The number of pyridine rings is 1. The van der Waals surface area contributed by atoms with Gasteiger partial charge >= 0.3 is 0 Å². The van der Waals surface area contributed by atoms with Gasteiger partial charge in [-0.25, -0.2) is 4.98 Å². The van der Waals surface area contributed by atoms with Crippen molar-refractivity contribution < 1.29 is 4.79 Å². The second-order valence-corrected chi connectivity index (χ2v) is 7.96. The fraction of sp³-hybridized carbons (Fsp3) is 0.318. The summed E-state index contributed by atoms with van der Waals surface area (Å²) >= 11 is 1.58. The minimum absolute atomic E-state index is 0.210. The Kier molecular flexibility index (Phi) is 5.78. The number of carbonyl (C=O) groups excluding carboxylic acids is 1. The van der Waals surface area contributed by atoms with E-state index in [-0.39, 0.29) is 11.9 Å². The summed E-state index contributed by atoms with van der Waals surface area (Å²) in [5, 5.41) is 2.94. The van der Waals surface area contributed by atoms with Crippen LogP contribution in [0.5, 0.6) is 0 Å². The fourth-order valence-corrected chi connectivity index (χ4v) is 4.39. The Labute approximate surface area is 169 Å². The number of piperazine rings is 1. The van der Waals surface area contributed by atoms with Gasteiger partial charge in [-0.15, -0.1) is 11.3 Å². The van der Waals surface area contributed by atoms with E-state index in [0.717, 1.165) is 36.0 Å². The van der Waals surface area contributed by atoms with E-state index in [0.29, 0.717) is 12.8 Å². The second kappa shape index (κ2) is 8.63. The third-order valence-electron chi connectivity index (χ3n) is 5.22. The maximum absolute atomic E-state index is 12.8. The largest absolute Gasteiger partial charge is 0.339 e. The number of benzene rings is 1. The number of carbonyl (C=O) groups is 1. The van der Waals surface area contributed by atoms with Crippen molar-refractivity contribution in [2.24, 2.45) is 0 Å². The lowest BCUT2D eigenvalue weighted by Crippen LogP contribution is -2.49. The summed E-state index contributed by atoms with van der Waals surface area (Å²) in [6.07, 6.45) is 2.94. The molecule has 1 unspecified atom stereocenters. The van der Waals surface area contributed by atoms with E-state index in [2.05, 4.69) is 46.2 Å². The van der Waals surface area contributed by atoms with Gasteiger partial charge in [-0.3, -0.25) is 14.7 Å². The molecular weight excluding hydrogens is 368 g/mol. The Bertz CT molecular complexity index is 913. The molecule has 1 aromatic carbocycles. The first-order valence-electron chi connectivity index (χ1n) is 9.59. The van der Waals surface area contributed by atoms with Crippen molar-refractivity contribution in [2.75, 3.05) is 26.7 Å². The molecule has 4 rings (SSSR count). The summed E-state index contributed by atoms with van der Waals surface area (Å²) in [7, 11) is 2.13. The molecule has 28 heavy (non-hydrogen) atoms. The number of amides is 1. The van der Waals surface area contributed by atoms with Gasteiger partial charge in [0.2, 0.25) is 5.91 Å². The SMILES string of the molecule is CN1CCN(C(=O)CCc2csc(-c3ccccn3)n2)CC1c1ccccc1. The van der Waals surface area contributed by atoms with E-state index in [1.54, 1.807) is 17.5 Å². The molecule has 0 saturated carbocycles. The molecule has 0 N–H and O–H groups in total. The Morgan fingerprint density at radius 3 is 2.75 bits per heavy atom. The van der Waals surface area contributed by atoms with Crippen molar-refractivity contribution in [3.8, 4) is 10.7 Å². The first-order valence-corrected chi connectivity index (χ1v) is 10.5. The van der Waals surface area contributed by atoms with Crippen LogP contribution < -0.4 is 0 Å². The first-order chi connectivity index (χ1) is 13.7. The molecule has 1 aliphatic rings. The summed E-state index contributed by atoms with van der Waals surface area (Å²) in [6, 6.07) is 16.5. The highest BCUT2D eigenvalue weighted by atomic mass is 32.1. The third-order valence-corrected chi connectivity index (χ3v) is 6.13. The third kappa shape index (κ3) is 4.29. The van der Waals surface area contributed by atoms with Crippen LogP contribution in [0.25, 0.3) is 10.7 Å². The van der Waals surface area contributed by atoms with Crippen molar-refractivity contribution in [3.05, 3.63) is 71.4 Å². The first kappa shape index (κ1) is 18.8. The number of hydrogen-bond acceptors (Lipinski definition) is 5. The minimum atomic E-state index is 0.210. The lowest BCUT2D eigenvalue weighted by atomic mass is 10.0. The number of nitrogens with zero attached hydrogens (tertiary/aromatic N) is 4. The maximum atomic E-state index is 12.8. The molecule has 1 amide bonds. The quantitative estimate of drug-likeness (QED) is 0.665. The number of aromatic nitrogens is 2. The van der Waals surface area contributed by atoms with E-state index in [9.17, 15) is 4.79 Å². The highest BCUT2D eigenvalue weighted by Gasteiger charge is 2.28. The molecule has 1 saturated heterocycles. The number of likely N-dealkylation sites (N-methyl/N-ethyl adjacent to an activating group) is 1. The van der Waals surface area contributed by atoms with Gasteiger partial charge in [0.1, 0.15) is 5.01 Å². The van der Waals surface area contributed by atoms with Crippen LogP contribution in [0.3, 0.4) is 0 Å². The number of hydrogen-bond donors (Lipinski definition) is 0. The zero-order valence-corrected chi connectivity index (χ0v) is 16.8. The molecule has 6 heteroatoms. The Balaban J connectivity index is 1.36. The summed E-state index contributed by atoms with van der Waals surface area (Å²) in [6.45, 7) is 2.43. The van der Waals surface area contributed by atoms with Gasteiger partial charge in [0, 0.05) is 37.6 Å². The minimum Gasteiger partial charge on any atom is -0.339 e. The summed E-state index contributed by atoms with van der Waals surface area (Å²) in [5.41, 5.74) is 3.12. The average molecular weight is 393 g/mol. The predicted octanol–water partition coefficient (Wildman–Crippen LogP) is 3.65. The van der Waals surface area contributed by atoms with E-state index >= 15 is 0 Å². The smallest absolute Gasteiger partial charge is 0.223 e. The molecule has 3 aromatic rings. The van der Waals surface area contributed by atoms with Gasteiger partial charge < -0.3 is 4.90 Å². The van der Waals surface area contributed by atoms with Gasteiger partial charge in [-0.2, -0.15) is 0 Å². The molecule has 3 heterocycles. The van der Waals surface area contributed by atoms with Crippen LogP contribution in [0.15, 0.2) is 60.1 Å². The Morgan fingerprint density at radius 2 is 1.96 bits per heavy atom. The van der Waals surface area contributed by atoms with Gasteiger partial charge in [0.15, 0.2) is 0 Å². The molecule has 1 aliphatic heterocycles. The summed E-state index contributed by atoms with van der Waals surface area (Å²) in [5.74, 6) is 0.210. The molecule has 144 valence electrons. The van der Waals surface area contributed by atoms with Crippen LogP contribution in [-0.4, -0.2) is 52.4 Å². The van der Waals surface area contributed by atoms with Gasteiger partial charge in [-0.1, -0.05) is 36.4 Å². The zero-order valence-electron chi connectivity index (χ0n) is 16.0. The molecule has 0 radical (unpaired) electrons. The second-order valence-electron chi connectivity index (χ2n) is 7.11. The number of aryl methyl sites for hydroxylation is 1. The molecule has 0 aliphatic carbocycles. The van der Waals surface area contributed by atoms with E-state index in [1.165, 1.54) is 5.56 Å². The average Bonchev–Trinajstić information content (AvgIpc) is 3.23. The Hall–Kier alpha value is -2.57. The molecule has 0 bridgehead atoms. The van der Waals surface area contributed by atoms with Crippen LogP contribution in [0, 0.1) is 0 Å². The highest BCUT2D eigenvalue weighted by molar-refractivity contribution is 7.13. The number of rotatable bonds is 5. The van der Waals surface area contributed by atoms with Crippen LogP contribution in [-0.2, 0) is 11.2 Å². The predicted molar refractivity (Wildman–Crippen MR) is 112 cm³/mol. The van der Waals surface area contributed by atoms with Crippen LogP contribution in [0.2, 0.25) is 0 Å². The van der Waals surface area contributed by atoms with Gasteiger partial charge in [0.05, 0.1) is 17.4 Å². The van der Waals surface area contributed by atoms with E-state index in [1.807, 2.05) is 34.5 Å². The lowest BCUT2D eigenvalue weighted by molar-refractivity contribution is -0.134. The maximum Gasteiger partial charge on any atom is 0.223 e. The Morgan fingerprint density at radius 1 is 1.14 bits per heavy atom. The van der Waals surface area contributed by atoms with Gasteiger partial charge in [-0.05, 0) is 31.2 Å². The molecule has 5 nitrogen and oxygen atoms in total. The van der Waals surface area contributed by atoms with Crippen molar-refractivity contribution in [1.29, 1.82) is 0 Å². The highest BCUT2D eigenvalue weighted by Crippen LogP contribution is 2.25. The van der Waals surface area contributed by atoms with Crippen LogP contribution >= 0.6 is 11.3 Å². The monoisotopic (exact) mass is 392 g/mol. The lowest BCUT2D eigenvalue weighted by Gasteiger charge is -2.39. The molecule has 0 spiro atoms. The van der Waals surface area contributed by atoms with E-state index in [4.69, 9.17) is 0 Å². The van der Waals surface area contributed by atoms with Gasteiger partial charge in [0.25, 0.3) is 0 Å². The van der Waals surface area contributed by atoms with E-state index < -0.39 is 0 Å².